The third-order valence-corrected chi connectivity index (χ3v) is 6.73. The second-order valence-electron chi connectivity index (χ2n) is 8.79. The standard InChI is InChI=1S/C24H30N4O/c29-23(13-17-7-8-18-4-1-2-5-19(18)12-17)28-11-3-6-20(16-28)24-26-15-21-14-25-10-9-22(21)27-24/h7-8,12,15,20,25H,1-6,9-11,13-14,16H2. The zero-order valence-electron chi connectivity index (χ0n) is 17.1. The number of piperidine rings is 1. The van der Waals surface area contributed by atoms with Crippen LogP contribution in [0, 0.1) is 0 Å². The average Bonchev–Trinajstić information content (AvgIpc) is 2.79. The first-order chi connectivity index (χ1) is 14.3. The van der Waals surface area contributed by atoms with Crippen molar-refractivity contribution in [1.29, 1.82) is 0 Å². The number of aromatic nitrogens is 2. The summed E-state index contributed by atoms with van der Waals surface area (Å²) >= 11 is 0. The van der Waals surface area contributed by atoms with E-state index in [0.29, 0.717) is 6.42 Å². The van der Waals surface area contributed by atoms with Gasteiger partial charge in [0, 0.05) is 56.0 Å². The molecule has 0 radical (unpaired) electrons. The zero-order valence-corrected chi connectivity index (χ0v) is 17.1. The highest BCUT2D eigenvalue weighted by molar-refractivity contribution is 5.79. The molecule has 152 valence electrons. The largest absolute Gasteiger partial charge is 0.342 e. The number of benzene rings is 1. The highest BCUT2D eigenvalue weighted by Crippen LogP contribution is 2.27. The molecule has 5 heteroatoms. The van der Waals surface area contributed by atoms with E-state index in [1.807, 2.05) is 11.1 Å². The molecule has 3 heterocycles. The van der Waals surface area contributed by atoms with Gasteiger partial charge in [0.15, 0.2) is 0 Å². The van der Waals surface area contributed by atoms with Crippen LogP contribution in [0.25, 0.3) is 0 Å². The Morgan fingerprint density at radius 1 is 1.10 bits per heavy atom. The lowest BCUT2D eigenvalue weighted by molar-refractivity contribution is -0.131. The van der Waals surface area contributed by atoms with Gasteiger partial charge in [0.25, 0.3) is 0 Å². The van der Waals surface area contributed by atoms with E-state index in [-0.39, 0.29) is 11.8 Å². The van der Waals surface area contributed by atoms with Crippen molar-refractivity contribution in [2.45, 2.75) is 63.8 Å². The third kappa shape index (κ3) is 4.06. The van der Waals surface area contributed by atoms with Crippen molar-refractivity contribution in [1.82, 2.24) is 20.2 Å². The molecule has 1 aromatic carbocycles. The first-order valence-corrected chi connectivity index (χ1v) is 11.2. The van der Waals surface area contributed by atoms with Crippen LogP contribution in [0.15, 0.2) is 24.4 Å². The third-order valence-electron chi connectivity index (χ3n) is 6.73. The molecule has 1 amide bonds. The van der Waals surface area contributed by atoms with Gasteiger partial charge < -0.3 is 10.2 Å². The minimum atomic E-state index is 0.243. The van der Waals surface area contributed by atoms with Crippen molar-refractivity contribution in [3.63, 3.8) is 0 Å². The van der Waals surface area contributed by atoms with Crippen LogP contribution >= 0.6 is 0 Å². The fraction of sp³-hybridized carbons (Fsp3) is 0.542. The van der Waals surface area contributed by atoms with Gasteiger partial charge in [-0.3, -0.25) is 4.79 Å². The SMILES string of the molecule is O=C(Cc1ccc2c(c1)CCCC2)N1CCCC(c2ncc3c(n2)CCNC3)C1. The summed E-state index contributed by atoms with van der Waals surface area (Å²) in [4.78, 5) is 24.6. The lowest BCUT2D eigenvalue weighted by Crippen LogP contribution is -2.40. The molecule has 1 fully saturated rings. The summed E-state index contributed by atoms with van der Waals surface area (Å²) in [7, 11) is 0. The van der Waals surface area contributed by atoms with Crippen LogP contribution in [0.1, 0.15) is 65.4 Å². The van der Waals surface area contributed by atoms with E-state index in [2.05, 4.69) is 28.5 Å². The second-order valence-corrected chi connectivity index (χ2v) is 8.79. The van der Waals surface area contributed by atoms with Crippen molar-refractivity contribution in [3.8, 4) is 0 Å². The summed E-state index contributed by atoms with van der Waals surface area (Å²) in [5.74, 6) is 1.43. The van der Waals surface area contributed by atoms with Gasteiger partial charge in [-0.15, -0.1) is 0 Å². The Morgan fingerprint density at radius 3 is 2.93 bits per heavy atom. The molecular weight excluding hydrogens is 360 g/mol. The molecule has 5 nitrogen and oxygen atoms in total. The minimum Gasteiger partial charge on any atom is -0.342 e. The fourth-order valence-corrected chi connectivity index (χ4v) is 5.05. The van der Waals surface area contributed by atoms with Gasteiger partial charge in [0.2, 0.25) is 5.91 Å². The van der Waals surface area contributed by atoms with Crippen molar-refractivity contribution < 1.29 is 4.79 Å². The lowest BCUT2D eigenvalue weighted by atomic mass is 9.89. The highest BCUT2D eigenvalue weighted by Gasteiger charge is 2.27. The molecule has 2 aliphatic heterocycles. The molecule has 29 heavy (non-hydrogen) atoms. The topological polar surface area (TPSA) is 58.1 Å². The van der Waals surface area contributed by atoms with Crippen molar-refractivity contribution in [2.75, 3.05) is 19.6 Å². The molecule has 1 N–H and O–H groups in total. The Hall–Kier alpha value is -2.27. The van der Waals surface area contributed by atoms with Crippen LogP contribution < -0.4 is 5.32 Å². The zero-order chi connectivity index (χ0) is 19.6. The molecule has 0 bridgehead atoms. The van der Waals surface area contributed by atoms with E-state index in [0.717, 1.165) is 63.3 Å². The van der Waals surface area contributed by atoms with Gasteiger partial charge in [0.05, 0.1) is 6.42 Å². The van der Waals surface area contributed by atoms with Crippen LogP contribution in [0.3, 0.4) is 0 Å². The molecule has 2 aromatic rings. The fourth-order valence-electron chi connectivity index (χ4n) is 5.05. The Balaban J connectivity index is 1.26. The average molecular weight is 391 g/mol. The van der Waals surface area contributed by atoms with Crippen LogP contribution in [0.4, 0.5) is 0 Å². The number of carbonyl (C=O) groups excluding carboxylic acids is 1. The quantitative estimate of drug-likeness (QED) is 0.875. The van der Waals surface area contributed by atoms with Crippen LogP contribution in [-0.4, -0.2) is 40.4 Å². The minimum absolute atomic E-state index is 0.243. The molecule has 1 aromatic heterocycles. The molecule has 1 aliphatic carbocycles. The lowest BCUT2D eigenvalue weighted by Gasteiger charge is -2.32. The predicted molar refractivity (Wildman–Crippen MR) is 113 cm³/mol. The van der Waals surface area contributed by atoms with Gasteiger partial charge in [-0.1, -0.05) is 18.2 Å². The number of hydrogen-bond donors (Lipinski definition) is 1. The van der Waals surface area contributed by atoms with Gasteiger partial charge in [-0.25, -0.2) is 9.97 Å². The summed E-state index contributed by atoms with van der Waals surface area (Å²) in [6.45, 7) is 3.46. The second kappa shape index (κ2) is 8.23. The molecule has 0 saturated carbocycles. The normalized spacial score (nSPS) is 21.4. The molecule has 3 aliphatic rings. The number of amides is 1. The van der Waals surface area contributed by atoms with Crippen molar-refractivity contribution in [3.05, 3.63) is 58.2 Å². The molecule has 1 unspecified atom stereocenters. The maximum absolute atomic E-state index is 13.0. The van der Waals surface area contributed by atoms with E-state index >= 15 is 0 Å². The van der Waals surface area contributed by atoms with E-state index in [1.54, 1.807) is 0 Å². The number of nitrogens with one attached hydrogen (secondary N) is 1. The van der Waals surface area contributed by atoms with Gasteiger partial charge in [-0.05, 0) is 55.2 Å². The van der Waals surface area contributed by atoms with E-state index < -0.39 is 0 Å². The highest BCUT2D eigenvalue weighted by atomic mass is 16.2. The molecule has 1 saturated heterocycles. The number of rotatable bonds is 3. The monoisotopic (exact) mass is 390 g/mol. The first-order valence-electron chi connectivity index (χ1n) is 11.2. The van der Waals surface area contributed by atoms with E-state index in [9.17, 15) is 4.79 Å². The molecular formula is C24H30N4O. The molecule has 5 rings (SSSR count). The first kappa shape index (κ1) is 18.7. The van der Waals surface area contributed by atoms with Crippen LogP contribution in [0.5, 0.6) is 0 Å². The summed E-state index contributed by atoms with van der Waals surface area (Å²) in [5, 5.41) is 3.37. The van der Waals surface area contributed by atoms with Gasteiger partial charge >= 0.3 is 0 Å². The van der Waals surface area contributed by atoms with Gasteiger partial charge in [0.1, 0.15) is 5.82 Å². The number of nitrogens with zero attached hydrogens (tertiary/aromatic N) is 3. The van der Waals surface area contributed by atoms with Crippen LogP contribution in [-0.2, 0) is 37.0 Å². The Kier molecular flexibility index (Phi) is 5.32. The maximum atomic E-state index is 13.0. The van der Waals surface area contributed by atoms with E-state index in [4.69, 9.17) is 4.98 Å². The molecule has 0 spiro atoms. The summed E-state index contributed by atoms with van der Waals surface area (Å²) < 4.78 is 0. The predicted octanol–water partition coefficient (Wildman–Crippen LogP) is 2.95. The van der Waals surface area contributed by atoms with Gasteiger partial charge in [-0.2, -0.15) is 0 Å². The number of hydrogen-bond acceptors (Lipinski definition) is 4. The number of carbonyl (C=O) groups is 1. The number of aryl methyl sites for hydroxylation is 2. The maximum Gasteiger partial charge on any atom is 0.227 e. The van der Waals surface area contributed by atoms with Crippen LogP contribution in [0.2, 0.25) is 0 Å². The van der Waals surface area contributed by atoms with Crippen molar-refractivity contribution >= 4 is 5.91 Å². The smallest absolute Gasteiger partial charge is 0.227 e. The summed E-state index contributed by atoms with van der Waals surface area (Å²) in [5.41, 5.74) is 6.50. The Labute approximate surface area is 172 Å². The number of fused-ring (bicyclic) bond motifs is 2. The van der Waals surface area contributed by atoms with Crippen molar-refractivity contribution in [2.24, 2.45) is 0 Å². The summed E-state index contributed by atoms with van der Waals surface area (Å²) in [6, 6.07) is 6.67. The Morgan fingerprint density at radius 2 is 2.00 bits per heavy atom. The number of likely N-dealkylation sites (tertiary alicyclic amines) is 1. The Bertz CT molecular complexity index is 910. The molecule has 1 atom stereocenters. The van der Waals surface area contributed by atoms with E-state index in [1.165, 1.54) is 41.6 Å². The summed E-state index contributed by atoms with van der Waals surface area (Å²) in [6.07, 6.45) is 10.5.